The number of hydrogen-bond acceptors (Lipinski definition) is 0. The van der Waals surface area contributed by atoms with Crippen LogP contribution in [0.4, 0.5) is 0 Å². The highest BCUT2D eigenvalue weighted by atomic mass is 14.4. The summed E-state index contributed by atoms with van der Waals surface area (Å²) in [4.78, 5) is 0. The second kappa shape index (κ2) is 6.35. The summed E-state index contributed by atoms with van der Waals surface area (Å²) in [5, 5.41) is 0. The molecule has 1 aliphatic rings. The van der Waals surface area contributed by atoms with Crippen LogP contribution in [0.1, 0.15) is 59.8 Å². The molecule has 88 valence electrons. The minimum Gasteiger partial charge on any atom is -0.0883 e. The van der Waals surface area contributed by atoms with E-state index < -0.39 is 0 Å². The van der Waals surface area contributed by atoms with E-state index in [0.29, 0.717) is 0 Å². The third kappa shape index (κ3) is 4.40. The molecular weight excluding hydrogens is 180 g/mol. The van der Waals surface area contributed by atoms with Crippen molar-refractivity contribution < 1.29 is 0 Å². The molecule has 0 saturated heterocycles. The Balaban J connectivity index is 2.06. The van der Waals surface area contributed by atoms with Crippen molar-refractivity contribution >= 4 is 0 Å². The Morgan fingerprint density at radius 3 is 2.33 bits per heavy atom. The number of unbranched alkanes of at least 4 members (excludes halogenated alkanes) is 1. The summed E-state index contributed by atoms with van der Waals surface area (Å²) < 4.78 is 0. The van der Waals surface area contributed by atoms with Gasteiger partial charge in [-0.25, -0.2) is 0 Å². The average Bonchev–Trinajstić information content (AvgIpc) is 2.07. The van der Waals surface area contributed by atoms with Crippen LogP contribution in [0.25, 0.3) is 0 Å². The summed E-state index contributed by atoms with van der Waals surface area (Å²) in [6.07, 6.45) is 11.8. The minimum absolute atomic E-state index is 0.720. The van der Waals surface area contributed by atoms with Crippen LogP contribution >= 0.6 is 0 Å². The molecule has 0 aliphatic heterocycles. The quantitative estimate of drug-likeness (QED) is 0.423. The van der Waals surface area contributed by atoms with Crippen molar-refractivity contribution in [3.05, 3.63) is 12.2 Å². The average molecular weight is 208 g/mol. The fourth-order valence-corrected chi connectivity index (χ4v) is 2.70. The van der Waals surface area contributed by atoms with Gasteiger partial charge in [-0.05, 0) is 55.8 Å². The highest BCUT2D eigenvalue weighted by Crippen LogP contribution is 2.42. The molecule has 0 amide bonds. The Bertz CT molecular complexity index is 188. The Morgan fingerprint density at radius 2 is 1.87 bits per heavy atom. The molecule has 0 aromatic heterocycles. The van der Waals surface area contributed by atoms with Crippen LogP contribution in [0.3, 0.4) is 0 Å². The molecule has 0 N–H and O–H groups in total. The third-order valence-corrected chi connectivity index (χ3v) is 3.80. The maximum absolute atomic E-state index is 2.38. The zero-order valence-corrected chi connectivity index (χ0v) is 11.0. The topological polar surface area (TPSA) is 0 Å². The molecular formula is C15H28. The third-order valence-electron chi connectivity index (χ3n) is 3.80. The van der Waals surface area contributed by atoms with E-state index >= 15 is 0 Å². The van der Waals surface area contributed by atoms with Gasteiger partial charge >= 0.3 is 0 Å². The summed E-state index contributed by atoms with van der Waals surface area (Å²) in [7, 11) is 0. The predicted molar refractivity (Wildman–Crippen MR) is 68.9 cm³/mol. The van der Waals surface area contributed by atoms with Crippen LogP contribution < -0.4 is 0 Å². The molecule has 15 heavy (non-hydrogen) atoms. The zero-order valence-electron chi connectivity index (χ0n) is 11.0. The van der Waals surface area contributed by atoms with E-state index in [0.717, 1.165) is 23.7 Å². The van der Waals surface area contributed by atoms with Crippen molar-refractivity contribution in [1.82, 2.24) is 0 Å². The molecule has 2 unspecified atom stereocenters. The summed E-state index contributed by atoms with van der Waals surface area (Å²) in [6, 6.07) is 0. The minimum atomic E-state index is 0.720. The number of allylic oxidation sites excluding steroid dienone is 2. The largest absolute Gasteiger partial charge is 0.0883 e. The van der Waals surface area contributed by atoms with E-state index in [1.54, 1.807) is 0 Å². The van der Waals surface area contributed by atoms with Crippen molar-refractivity contribution in [1.29, 1.82) is 0 Å². The summed E-state index contributed by atoms with van der Waals surface area (Å²) in [5.74, 6) is 3.73. The van der Waals surface area contributed by atoms with Gasteiger partial charge in [0.2, 0.25) is 0 Å². The monoisotopic (exact) mass is 208 g/mol. The SMILES string of the molecule is CC(C)/C=C/CCCC1CCC1C(C)C. The van der Waals surface area contributed by atoms with Gasteiger partial charge < -0.3 is 0 Å². The van der Waals surface area contributed by atoms with E-state index in [4.69, 9.17) is 0 Å². The molecule has 0 bridgehead atoms. The van der Waals surface area contributed by atoms with Gasteiger partial charge in [-0.15, -0.1) is 0 Å². The van der Waals surface area contributed by atoms with Gasteiger partial charge in [0, 0.05) is 0 Å². The summed E-state index contributed by atoms with van der Waals surface area (Å²) >= 11 is 0. The lowest BCUT2D eigenvalue weighted by atomic mass is 9.66. The molecule has 0 spiro atoms. The zero-order chi connectivity index (χ0) is 11.3. The van der Waals surface area contributed by atoms with Crippen molar-refractivity contribution in [3.63, 3.8) is 0 Å². The molecule has 0 heteroatoms. The summed E-state index contributed by atoms with van der Waals surface area (Å²) in [5.41, 5.74) is 0. The number of rotatable bonds is 6. The standard InChI is InChI=1S/C15H28/c1-12(2)8-6-5-7-9-14-10-11-15(14)13(3)4/h6,8,12-15H,5,7,9-11H2,1-4H3/b8-6+. The van der Waals surface area contributed by atoms with E-state index in [1.165, 1.54) is 32.1 Å². The molecule has 1 fully saturated rings. The lowest BCUT2D eigenvalue weighted by Crippen LogP contribution is -2.29. The smallest absolute Gasteiger partial charge is 0.0290 e. The maximum Gasteiger partial charge on any atom is -0.0290 e. The highest BCUT2D eigenvalue weighted by molar-refractivity contribution is 4.86. The van der Waals surface area contributed by atoms with Crippen molar-refractivity contribution in [2.75, 3.05) is 0 Å². The van der Waals surface area contributed by atoms with Crippen LogP contribution in [0.2, 0.25) is 0 Å². The Kier molecular flexibility index (Phi) is 5.42. The van der Waals surface area contributed by atoms with Crippen LogP contribution in [0.15, 0.2) is 12.2 Å². The van der Waals surface area contributed by atoms with Gasteiger partial charge in [0.05, 0.1) is 0 Å². The predicted octanol–water partition coefficient (Wildman–Crippen LogP) is 5.05. The van der Waals surface area contributed by atoms with E-state index in [9.17, 15) is 0 Å². The van der Waals surface area contributed by atoms with E-state index in [2.05, 4.69) is 39.8 Å². The van der Waals surface area contributed by atoms with E-state index in [1.807, 2.05) is 0 Å². The fourth-order valence-electron chi connectivity index (χ4n) is 2.70. The molecule has 1 aliphatic carbocycles. The first-order chi connectivity index (χ1) is 7.11. The molecule has 2 atom stereocenters. The highest BCUT2D eigenvalue weighted by Gasteiger charge is 2.31. The van der Waals surface area contributed by atoms with Crippen molar-refractivity contribution in [2.45, 2.75) is 59.8 Å². The molecule has 0 aromatic carbocycles. The first kappa shape index (κ1) is 12.8. The van der Waals surface area contributed by atoms with E-state index in [-0.39, 0.29) is 0 Å². The summed E-state index contributed by atoms with van der Waals surface area (Å²) in [6.45, 7) is 9.26. The molecule has 0 heterocycles. The normalized spacial score (nSPS) is 26.5. The Labute approximate surface area is 96.2 Å². The van der Waals surface area contributed by atoms with Crippen LogP contribution in [0, 0.1) is 23.7 Å². The second-order valence-electron chi connectivity index (χ2n) is 5.85. The molecule has 0 aromatic rings. The molecule has 1 rings (SSSR count). The van der Waals surface area contributed by atoms with Crippen molar-refractivity contribution in [2.24, 2.45) is 23.7 Å². The lowest BCUT2D eigenvalue weighted by Gasteiger charge is -2.39. The fraction of sp³-hybridized carbons (Fsp3) is 0.867. The van der Waals surface area contributed by atoms with Gasteiger partial charge in [-0.2, -0.15) is 0 Å². The van der Waals surface area contributed by atoms with Crippen LogP contribution in [-0.4, -0.2) is 0 Å². The van der Waals surface area contributed by atoms with Gasteiger partial charge in [0.1, 0.15) is 0 Å². The van der Waals surface area contributed by atoms with Gasteiger partial charge in [-0.3, -0.25) is 0 Å². The van der Waals surface area contributed by atoms with Gasteiger partial charge in [0.15, 0.2) is 0 Å². The Hall–Kier alpha value is -0.260. The maximum atomic E-state index is 2.38. The van der Waals surface area contributed by atoms with Crippen LogP contribution in [0.5, 0.6) is 0 Å². The van der Waals surface area contributed by atoms with Crippen molar-refractivity contribution in [3.8, 4) is 0 Å². The Morgan fingerprint density at radius 1 is 1.13 bits per heavy atom. The lowest BCUT2D eigenvalue weighted by molar-refractivity contribution is 0.111. The molecule has 0 nitrogen and oxygen atoms in total. The number of hydrogen-bond donors (Lipinski definition) is 0. The molecule has 1 saturated carbocycles. The molecule has 0 radical (unpaired) electrons. The second-order valence-corrected chi connectivity index (χ2v) is 5.85. The first-order valence-corrected chi connectivity index (χ1v) is 6.78. The van der Waals surface area contributed by atoms with Crippen LogP contribution in [-0.2, 0) is 0 Å². The van der Waals surface area contributed by atoms with Gasteiger partial charge in [-0.1, -0.05) is 39.8 Å². The first-order valence-electron chi connectivity index (χ1n) is 6.78. The van der Waals surface area contributed by atoms with Gasteiger partial charge in [0.25, 0.3) is 0 Å².